The molecule has 0 bridgehead atoms. The van der Waals surface area contributed by atoms with Crippen molar-refractivity contribution in [2.75, 3.05) is 6.61 Å². The predicted molar refractivity (Wildman–Crippen MR) is 112 cm³/mol. The van der Waals surface area contributed by atoms with E-state index in [1.54, 1.807) is 35.8 Å². The molecule has 0 aliphatic carbocycles. The van der Waals surface area contributed by atoms with Crippen molar-refractivity contribution in [3.05, 3.63) is 61.9 Å². The number of nitrogens with zero attached hydrogens (tertiary/aromatic N) is 2. The summed E-state index contributed by atoms with van der Waals surface area (Å²) >= 11 is 13.7. The fourth-order valence-corrected chi connectivity index (χ4v) is 4.53. The first-order valence-corrected chi connectivity index (χ1v) is 10.2. The van der Waals surface area contributed by atoms with Crippen molar-refractivity contribution in [1.29, 1.82) is 0 Å². The molecule has 28 heavy (non-hydrogen) atoms. The van der Waals surface area contributed by atoms with Crippen molar-refractivity contribution >= 4 is 56.6 Å². The van der Waals surface area contributed by atoms with E-state index < -0.39 is 11.9 Å². The Morgan fingerprint density at radius 1 is 1.14 bits per heavy atom. The lowest BCUT2D eigenvalue weighted by Gasteiger charge is -2.06. The molecule has 0 N–H and O–H groups in total. The van der Waals surface area contributed by atoms with Crippen LogP contribution in [0.4, 0.5) is 0 Å². The van der Waals surface area contributed by atoms with Gasteiger partial charge in [-0.2, -0.15) is 4.99 Å². The number of amides is 1. The van der Waals surface area contributed by atoms with Gasteiger partial charge in [-0.15, -0.1) is 0 Å². The van der Waals surface area contributed by atoms with Gasteiger partial charge in [0.05, 0.1) is 21.8 Å². The zero-order valence-corrected chi connectivity index (χ0v) is 17.9. The van der Waals surface area contributed by atoms with Gasteiger partial charge in [-0.25, -0.2) is 0 Å². The molecular formula is C20H18Cl2N2O3S. The van der Waals surface area contributed by atoms with Crippen LogP contribution in [0.1, 0.15) is 28.4 Å². The molecule has 0 fully saturated rings. The standard InChI is InChI=1S/C20H18Cl2N2O3S/c1-4-27-17(25)10-24-18-15(22)8-14(21)9-16(18)28-20(24)23-19(26)13-6-5-11(2)12(3)7-13/h5-9H,4,10H2,1-3H3. The molecule has 1 heterocycles. The van der Waals surface area contributed by atoms with Crippen molar-refractivity contribution in [1.82, 2.24) is 4.57 Å². The number of hydrogen-bond donors (Lipinski definition) is 0. The third kappa shape index (κ3) is 4.29. The molecule has 1 amide bonds. The van der Waals surface area contributed by atoms with Crippen molar-refractivity contribution in [3.63, 3.8) is 0 Å². The number of carbonyl (C=O) groups is 2. The van der Waals surface area contributed by atoms with Crippen molar-refractivity contribution < 1.29 is 14.3 Å². The van der Waals surface area contributed by atoms with Gasteiger partial charge >= 0.3 is 5.97 Å². The summed E-state index contributed by atoms with van der Waals surface area (Å²) in [5.41, 5.74) is 3.17. The van der Waals surface area contributed by atoms with Gasteiger partial charge in [0.2, 0.25) is 0 Å². The van der Waals surface area contributed by atoms with Crippen molar-refractivity contribution in [2.45, 2.75) is 27.3 Å². The lowest BCUT2D eigenvalue weighted by molar-refractivity contribution is -0.143. The molecule has 0 saturated heterocycles. The number of esters is 1. The number of thiazole rings is 1. The molecule has 5 nitrogen and oxygen atoms in total. The van der Waals surface area contributed by atoms with Gasteiger partial charge in [0.15, 0.2) is 4.80 Å². The fourth-order valence-electron chi connectivity index (χ4n) is 2.72. The van der Waals surface area contributed by atoms with Crippen LogP contribution in [-0.2, 0) is 16.1 Å². The Labute approximate surface area is 176 Å². The predicted octanol–water partition coefficient (Wildman–Crippen LogP) is 4.93. The second-order valence-corrected chi connectivity index (χ2v) is 8.08. The Bertz CT molecular complexity index is 1150. The SMILES string of the molecule is CCOC(=O)Cn1c(=NC(=O)c2ccc(C)c(C)c2)sc2cc(Cl)cc(Cl)c21. The van der Waals surface area contributed by atoms with Crippen LogP contribution in [0.2, 0.25) is 10.0 Å². The largest absolute Gasteiger partial charge is 0.465 e. The number of ether oxygens (including phenoxy) is 1. The first-order valence-electron chi connectivity index (χ1n) is 8.60. The summed E-state index contributed by atoms with van der Waals surface area (Å²) < 4.78 is 7.37. The molecule has 0 saturated carbocycles. The molecule has 8 heteroatoms. The maximum atomic E-state index is 12.7. The number of halogens is 2. The third-order valence-electron chi connectivity index (χ3n) is 4.24. The number of aryl methyl sites for hydroxylation is 2. The minimum Gasteiger partial charge on any atom is -0.465 e. The number of rotatable bonds is 4. The maximum Gasteiger partial charge on any atom is 0.326 e. The monoisotopic (exact) mass is 436 g/mol. The second-order valence-electron chi connectivity index (χ2n) is 6.23. The topological polar surface area (TPSA) is 60.7 Å². The van der Waals surface area contributed by atoms with Crippen LogP contribution in [-0.4, -0.2) is 23.1 Å². The first kappa shape index (κ1) is 20.6. The minimum atomic E-state index is -0.437. The summed E-state index contributed by atoms with van der Waals surface area (Å²) in [4.78, 5) is 29.4. The van der Waals surface area contributed by atoms with Gasteiger partial charge in [0.25, 0.3) is 5.91 Å². The highest BCUT2D eigenvalue weighted by atomic mass is 35.5. The van der Waals surface area contributed by atoms with E-state index >= 15 is 0 Å². The fraction of sp³-hybridized carbons (Fsp3) is 0.250. The van der Waals surface area contributed by atoms with Crippen LogP contribution in [0.3, 0.4) is 0 Å². The highest BCUT2D eigenvalue weighted by Crippen LogP contribution is 2.29. The van der Waals surface area contributed by atoms with Crippen LogP contribution < -0.4 is 4.80 Å². The number of fused-ring (bicyclic) bond motifs is 1. The number of hydrogen-bond acceptors (Lipinski definition) is 4. The van der Waals surface area contributed by atoms with Crippen molar-refractivity contribution in [3.8, 4) is 0 Å². The van der Waals surface area contributed by atoms with Gasteiger partial charge in [0.1, 0.15) is 6.54 Å². The van der Waals surface area contributed by atoms with E-state index in [9.17, 15) is 9.59 Å². The summed E-state index contributed by atoms with van der Waals surface area (Å²) in [7, 11) is 0. The molecular weight excluding hydrogens is 419 g/mol. The van der Waals surface area contributed by atoms with E-state index in [2.05, 4.69) is 4.99 Å². The summed E-state index contributed by atoms with van der Waals surface area (Å²) in [6.07, 6.45) is 0. The second kappa shape index (κ2) is 8.47. The summed E-state index contributed by atoms with van der Waals surface area (Å²) in [6.45, 7) is 5.80. The Hall–Kier alpha value is -2.15. The van der Waals surface area contributed by atoms with E-state index in [-0.39, 0.29) is 13.2 Å². The highest BCUT2D eigenvalue weighted by Gasteiger charge is 2.16. The molecule has 0 radical (unpaired) electrons. The summed E-state index contributed by atoms with van der Waals surface area (Å²) in [5.74, 6) is -0.831. The quantitative estimate of drug-likeness (QED) is 0.544. The molecule has 3 aromatic rings. The van der Waals surface area contributed by atoms with E-state index in [4.69, 9.17) is 27.9 Å². The van der Waals surface area contributed by atoms with Crippen LogP contribution in [0.5, 0.6) is 0 Å². The highest BCUT2D eigenvalue weighted by molar-refractivity contribution is 7.16. The summed E-state index contributed by atoms with van der Waals surface area (Å²) in [5, 5.41) is 0.845. The van der Waals surface area contributed by atoms with Crippen LogP contribution in [0, 0.1) is 13.8 Å². The summed E-state index contributed by atoms with van der Waals surface area (Å²) in [6, 6.07) is 8.74. The number of aromatic nitrogens is 1. The van der Waals surface area contributed by atoms with E-state index in [0.717, 1.165) is 15.8 Å². The number of benzene rings is 2. The first-order chi connectivity index (χ1) is 13.3. The molecule has 3 rings (SSSR count). The Kier molecular flexibility index (Phi) is 6.23. The van der Waals surface area contributed by atoms with E-state index in [1.807, 2.05) is 19.9 Å². The maximum absolute atomic E-state index is 12.7. The normalized spacial score (nSPS) is 11.8. The van der Waals surface area contributed by atoms with Gasteiger partial charge in [-0.05, 0) is 56.2 Å². The molecule has 0 aliphatic heterocycles. The number of carbonyl (C=O) groups excluding carboxylic acids is 2. The molecule has 0 unspecified atom stereocenters. The lowest BCUT2D eigenvalue weighted by atomic mass is 10.1. The van der Waals surface area contributed by atoms with Gasteiger partial charge in [-0.1, -0.05) is 40.6 Å². The average Bonchev–Trinajstić information content (AvgIpc) is 2.94. The lowest BCUT2D eigenvalue weighted by Crippen LogP contribution is -2.23. The van der Waals surface area contributed by atoms with Gasteiger partial charge < -0.3 is 9.30 Å². The molecule has 0 aliphatic rings. The Morgan fingerprint density at radius 2 is 1.89 bits per heavy atom. The van der Waals surface area contributed by atoms with Crippen LogP contribution in [0.15, 0.2) is 35.3 Å². The van der Waals surface area contributed by atoms with E-state index in [1.165, 1.54) is 11.3 Å². The van der Waals surface area contributed by atoms with Gasteiger partial charge in [0, 0.05) is 10.6 Å². The Balaban J connectivity index is 2.16. The van der Waals surface area contributed by atoms with Crippen LogP contribution >= 0.6 is 34.5 Å². The smallest absolute Gasteiger partial charge is 0.326 e. The molecule has 0 atom stereocenters. The molecule has 2 aromatic carbocycles. The zero-order chi connectivity index (χ0) is 20.4. The van der Waals surface area contributed by atoms with Gasteiger partial charge in [-0.3, -0.25) is 9.59 Å². The zero-order valence-electron chi connectivity index (χ0n) is 15.6. The third-order valence-corrected chi connectivity index (χ3v) is 5.77. The minimum absolute atomic E-state index is 0.103. The van der Waals surface area contributed by atoms with E-state index in [0.29, 0.717) is 25.9 Å². The van der Waals surface area contributed by atoms with Crippen molar-refractivity contribution in [2.24, 2.45) is 4.99 Å². The molecule has 146 valence electrons. The average molecular weight is 437 g/mol. The molecule has 0 spiro atoms. The Morgan fingerprint density at radius 3 is 2.57 bits per heavy atom. The molecule has 1 aromatic heterocycles. The van der Waals surface area contributed by atoms with Crippen LogP contribution in [0.25, 0.3) is 10.2 Å².